The van der Waals surface area contributed by atoms with E-state index in [0.29, 0.717) is 12.1 Å². The predicted molar refractivity (Wildman–Crippen MR) is 89.9 cm³/mol. The molecule has 0 spiro atoms. The van der Waals surface area contributed by atoms with Crippen LogP contribution in [-0.2, 0) is 20.9 Å². The van der Waals surface area contributed by atoms with Crippen molar-refractivity contribution in [3.8, 4) is 0 Å². The minimum Gasteiger partial charge on any atom is -0.356 e. The van der Waals surface area contributed by atoms with Crippen molar-refractivity contribution >= 4 is 11.8 Å². The molecule has 2 aromatic rings. The van der Waals surface area contributed by atoms with Crippen molar-refractivity contribution in [2.24, 2.45) is 0 Å². The molecular weight excluding hydrogens is 323 g/mol. The lowest BCUT2D eigenvalue weighted by molar-refractivity contribution is -0.162. The average Bonchev–Trinajstić information content (AvgIpc) is 2.63. The molecule has 1 heterocycles. The summed E-state index contributed by atoms with van der Waals surface area (Å²) in [5.74, 6) is -0.904. The first-order chi connectivity index (χ1) is 12.1. The lowest BCUT2D eigenvalue weighted by Crippen LogP contribution is -2.52. The van der Waals surface area contributed by atoms with Gasteiger partial charge in [-0.3, -0.25) is 9.59 Å². The molecule has 0 unspecified atom stereocenters. The van der Waals surface area contributed by atoms with Gasteiger partial charge in [-0.1, -0.05) is 42.5 Å². The lowest BCUT2D eigenvalue weighted by atomic mass is 9.97. The van der Waals surface area contributed by atoms with E-state index in [2.05, 4.69) is 5.32 Å². The van der Waals surface area contributed by atoms with Crippen LogP contribution in [0.3, 0.4) is 0 Å². The predicted octanol–water partition coefficient (Wildman–Crippen LogP) is 2.04. The summed E-state index contributed by atoms with van der Waals surface area (Å²) in [6.45, 7) is 0.213. The molecule has 0 bridgehead atoms. The van der Waals surface area contributed by atoms with E-state index in [1.54, 1.807) is 19.2 Å². The molecule has 0 radical (unpaired) electrons. The van der Waals surface area contributed by atoms with Gasteiger partial charge in [0.1, 0.15) is 12.4 Å². The average molecular weight is 342 g/mol. The van der Waals surface area contributed by atoms with Gasteiger partial charge < -0.3 is 15.0 Å². The fraction of sp³-hybridized carbons (Fsp3) is 0.263. The molecule has 1 N–H and O–H groups in total. The van der Waals surface area contributed by atoms with Crippen molar-refractivity contribution in [1.82, 2.24) is 10.2 Å². The molecule has 1 saturated heterocycles. The monoisotopic (exact) mass is 342 g/mol. The summed E-state index contributed by atoms with van der Waals surface area (Å²) in [5.41, 5.74) is 1.62. The fourth-order valence-electron chi connectivity index (χ4n) is 2.88. The highest BCUT2D eigenvalue weighted by atomic mass is 19.1. The number of amides is 2. The Morgan fingerprint density at radius 1 is 1.20 bits per heavy atom. The van der Waals surface area contributed by atoms with Crippen LogP contribution >= 0.6 is 0 Å². The van der Waals surface area contributed by atoms with Crippen LogP contribution in [0.1, 0.15) is 17.2 Å². The summed E-state index contributed by atoms with van der Waals surface area (Å²) in [4.78, 5) is 26.1. The Balaban J connectivity index is 1.78. The van der Waals surface area contributed by atoms with Gasteiger partial charge in [0.15, 0.2) is 6.10 Å². The summed E-state index contributed by atoms with van der Waals surface area (Å²) in [6, 6.07) is 14.7. The number of halogens is 1. The largest absolute Gasteiger partial charge is 0.356 e. The number of nitrogens with zero attached hydrogens (tertiary/aromatic N) is 1. The van der Waals surface area contributed by atoms with E-state index >= 15 is 0 Å². The first kappa shape index (κ1) is 17.1. The minimum atomic E-state index is -0.850. The van der Waals surface area contributed by atoms with Crippen LogP contribution in [0.2, 0.25) is 0 Å². The highest BCUT2D eigenvalue weighted by Crippen LogP contribution is 2.29. The second-order valence-electron chi connectivity index (χ2n) is 5.94. The number of hydrogen-bond donors (Lipinski definition) is 1. The summed E-state index contributed by atoms with van der Waals surface area (Å²) >= 11 is 0. The maximum atomic E-state index is 13.2. The summed E-state index contributed by atoms with van der Waals surface area (Å²) in [6.07, 6.45) is -0.850. The number of morpholine rings is 1. The number of carbonyl (C=O) groups is 2. The van der Waals surface area contributed by atoms with Crippen LogP contribution in [-0.4, -0.2) is 36.5 Å². The van der Waals surface area contributed by atoms with Crippen molar-refractivity contribution in [3.05, 3.63) is 71.5 Å². The third-order valence-corrected chi connectivity index (χ3v) is 4.26. The van der Waals surface area contributed by atoms with Crippen molar-refractivity contribution in [3.63, 3.8) is 0 Å². The van der Waals surface area contributed by atoms with Crippen LogP contribution in [0, 0.1) is 5.82 Å². The molecule has 2 aromatic carbocycles. The smallest absolute Gasteiger partial charge is 0.251 e. The van der Waals surface area contributed by atoms with E-state index in [9.17, 15) is 14.0 Å². The number of benzene rings is 2. The van der Waals surface area contributed by atoms with Crippen LogP contribution in [0.4, 0.5) is 4.39 Å². The van der Waals surface area contributed by atoms with E-state index in [1.165, 1.54) is 17.0 Å². The molecule has 1 aliphatic rings. The molecular formula is C19H19FN2O3. The Morgan fingerprint density at radius 2 is 1.88 bits per heavy atom. The van der Waals surface area contributed by atoms with Crippen molar-refractivity contribution in [1.29, 1.82) is 0 Å². The summed E-state index contributed by atoms with van der Waals surface area (Å²) in [5, 5.41) is 2.84. The normalized spacial score (nSPS) is 20.4. The SMILES string of the molecule is CN1C(=O)CO[C@@H](C(=O)NCc2ccccc2)[C@H]1c1ccc(F)cc1. The molecule has 0 saturated carbocycles. The molecule has 6 heteroatoms. The van der Waals surface area contributed by atoms with Gasteiger partial charge in [0.2, 0.25) is 5.91 Å². The van der Waals surface area contributed by atoms with Gasteiger partial charge in [0.05, 0.1) is 6.04 Å². The maximum Gasteiger partial charge on any atom is 0.251 e. The molecule has 2 atom stereocenters. The number of nitrogens with one attached hydrogen (secondary N) is 1. The Hall–Kier alpha value is -2.73. The zero-order valence-electron chi connectivity index (χ0n) is 13.8. The quantitative estimate of drug-likeness (QED) is 0.925. The Morgan fingerprint density at radius 3 is 2.56 bits per heavy atom. The Labute approximate surface area is 145 Å². The highest BCUT2D eigenvalue weighted by molar-refractivity contribution is 5.86. The summed E-state index contributed by atoms with van der Waals surface area (Å²) in [7, 11) is 1.62. The van der Waals surface area contributed by atoms with Gasteiger partial charge in [0, 0.05) is 13.6 Å². The molecule has 2 amide bonds. The van der Waals surface area contributed by atoms with Gasteiger partial charge in [-0.05, 0) is 23.3 Å². The second-order valence-corrected chi connectivity index (χ2v) is 5.94. The van der Waals surface area contributed by atoms with Gasteiger partial charge in [-0.25, -0.2) is 4.39 Å². The topological polar surface area (TPSA) is 58.6 Å². The molecule has 1 aliphatic heterocycles. The van der Waals surface area contributed by atoms with E-state index in [0.717, 1.165) is 5.56 Å². The summed E-state index contributed by atoms with van der Waals surface area (Å²) < 4.78 is 18.7. The third kappa shape index (κ3) is 3.85. The van der Waals surface area contributed by atoms with Crippen molar-refractivity contribution in [2.75, 3.05) is 13.7 Å². The van der Waals surface area contributed by atoms with Crippen molar-refractivity contribution in [2.45, 2.75) is 18.7 Å². The Bertz CT molecular complexity index is 749. The lowest BCUT2D eigenvalue weighted by Gasteiger charge is -2.38. The van der Waals surface area contributed by atoms with E-state index in [4.69, 9.17) is 4.74 Å². The first-order valence-corrected chi connectivity index (χ1v) is 8.00. The number of likely N-dealkylation sites (N-methyl/N-ethyl adjacent to an activating group) is 1. The maximum absolute atomic E-state index is 13.2. The standard InChI is InChI=1S/C19H19FN2O3/c1-22-16(23)12-25-18(17(22)14-7-9-15(20)10-8-14)19(24)21-11-13-5-3-2-4-6-13/h2-10,17-18H,11-12H2,1H3,(H,21,24)/t17-,18-/m1/s1. The molecule has 130 valence electrons. The zero-order chi connectivity index (χ0) is 17.8. The van der Waals surface area contributed by atoms with Crippen LogP contribution in [0.25, 0.3) is 0 Å². The molecule has 0 aromatic heterocycles. The fourth-order valence-corrected chi connectivity index (χ4v) is 2.88. The van der Waals surface area contributed by atoms with Crippen molar-refractivity contribution < 1.29 is 18.7 Å². The number of ether oxygens (including phenoxy) is 1. The minimum absolute atomic E-state index is 0.155. The molecule has 1 fully saturated rings. The van der Waals surface area contributed by atoms with Crippen LogP contribution < -0.4 is 5.32 Å². The number of rotatable bonds is 4. The van der Waals surface area contributed by atoms with E-state index < -0.39 is 12.1 Å². The van der Waals surface area contributed by atoms with Gasteiger partial charge in [-0.2, -0.15) is 0 Å². The van der Waals surface area contributed by atoms with Crippen LogP contribution in [0.15, 0.2) is 54.6 Å². The highest BCUT2D eigenvalue weighted by Gasteiger charge is 2.39. The molecule has 0 aliphatic carbocycles. The second kappa shape index (κ2) is 7.44. The number of hydrogen-bond acceptors (Lipinski definition) is 3. The van der Waals surface area contributed by atoms with Crippen LogP contribution in [0.5, 0.6) is 0 Å². The van der Waals surface area contributed by atoms with E-state index in [1.807, 2.05) is 30.3 Å². The zero-order valence-corrected chi connectivity index (χ0v) is 13.8. The molecule has 3 rings (SSSR count). The van der Waals surface area contributed by atoms with Gasteiger partial charge in [-0.15, -0.1) is 0 Å². The Kier molecular flexibility index (Phi) is 5.09. The third-order valence-electron chi connectivity index (χ3n) is 4.26. The van der Waals surface area contributed by atoms with Gasteiger partial charge >= 0.3 is 0 Å². The first-order valence-electron chi connectivity index (χ1n) is 8.00. The number of carbonyl (C=O) groups excluding carboxylic acids is 2. The molecule has 25 heavy (non-hydrogen) atoms. The van der Waals surface area contributed by atoms with E-state index in [-0.39, 0.29) is 24.2 Å². The molecule has 5 nitrogen and oxygen atoms in total. The van der Waals surface area contributed by atoms with Gasteiger partial charge in [0.25, 0.3) is 5.91 Å².